The predicted molar refractivity (Wildman–Crippen MR) is 94.4 cm³/mol. The third-order valence-electron chi connectivity index (χ3n) is 3.38. The third-order valence-corrected chi connectivity index (χ3v) is 4.57. The number of aliphatic imine (C=N–C) groups is 1. The molecule has 2 N–H and O–H groups in total. The van der Waals surface area contributed by atoms with Crippen LogP contribution in [-0.2, 0) is 6.54 Å². The largest absolute Gasteiger partial charge is 0.351 e. The molecule has 0 bridgehead atoms. The summed E-state index contributed by atoms with van der Waals surface area (Å²) in [5.74, 6) is 1.27. The summed E-state index contributed by atoms with van der Waals surface area (Å²) in [6, 6.07) is 10.5. The number of nitrogens with one attached hydrogen (secondary N) is 2. The van der Waals surface area contributed by atoms with E-state index in [9.17, 15) is 0 Å². The highest BCUT2D eigenvalue weighted by molar-refractivity contribution is 7.09. The van der Waals surface area contributed by atoms with Gasteiger partial charge in [0.2, 0.25) is 0 Å². The molecule has 1 aromatic heterocycles. The van der Waals surface area contributed by atoms with E-state index in [1.807, 2.05) is 18.2 Å². The first-order chi connectivity index (χ1) is 10.6. The molecule has 2 aromatic rings. The Kier molecular flexibility index (Phi) is 5.95. The van der Waals surface area contributed by atoms with Crippen molar-refractivity contribution in [1.82, 2.24) is 15.6 Å². The molecule has 1 unspecified atom stereocenters. The zero-order chi connectivity index (χ0) is 15.9. The van der Waals surface area contributed by atoms with Crippen molar-refractivity contribution in [1.29, 1.82) is 0 Å². The van der Waals surface area contributed by atoms with E-state index in [0.717, 1.165) is 11.7 Å². The number of benzene rings is 1. The molecule has 0 saturated heterocycles. The van der Waals surface area contributed by atoms with Gasteiger partial charge in [0.1, 0.15) is 0 Å². The van der Waals surface area contributed by atoms with E-state index in [2.05, 4.69) is 58.9 Å². The lowest BCUT2D eigenvalue weighted by Gasteiger charge is -2.17. The van der Waals surface area contributed by atoms with E-state index >= 15 is 0 Å². The first kappa shape index (κ1) is 16.5. The number of thiazole rings is 1. The van der Waals surface area contributed by atoms with Crippen LogP contribution in [0, 0.1) is 0 Å². The van der Waals surface area contributed by atoms with Crippen molar-refractivity contribution in [3.63, 3.8) is 0 Å². The van der Waals surface area contributed by atoms with Crippen LogP contribution in [0.2, 0.25) is 0 Å². The molecule has 2 rings (SSSR count). The molecule has 4 nitrogen and oxygen atoms in total. The lowest BCUT2D eigenvalue weighted by atomic mass is 10.1. The van der Waals surface area contributed by atoms with E-state index in [0.29, 0.717) is 12.5 Å². The monoisotopic (exact) mass is 316 g/mol. The van der Waals surface area contributed by atoms with Crippen molar-refractivity contribution < 1.29 is 0 Å². The van der Waals surface area contributed by atoms with Crippen molar-refractivity contribution in [2.75, 3.05) is 7.05 Å². The molecule has 0 spiro atoms. The Morgan fingerprint density at radius 1 is 1.23 bits per heavy atom. The SMILES string of the molecule is CN=C(NCc1csc(C(C)C)n1)NC(C)c1ccccc1. The minimum Gasteiger partial charge on any atom is -0.351 e. The summed E-state index contributed by atoms with van der Waals surface area (Å²) in [6.07, 6.45) is 0. The van der Waals surface area contributed by atoms with E-state index in [1.165, 1.54) is 10.6 Å². The van der Waals surface area contributed by atoms with Crippen LogP contribution in [0.1, 0.15) is 49.0 Å². The molecule has 1 aromatic carbocycles. The third kappa shape index (κ3) is 4.56. The summed E-state index contributed by atoms with van der Waals surface area (Å²) in [6.45, 7) is 7.14. The van der Waals surface area contributed by atoms with Crippen molar-refractivity contribution in [2.45, 2.75) is 39.3 Å². The second-order valence-electron chi connectivity index (χ2n) is 5.53. The van der Waals surface area contributed by atoms with Crippen molar-refractivity contribution in [3.05, 3.63) is 52.0 Å². The average molecular weight is 316 g/mol. The van der Waals surface area contributed by atoms with Crippen LogP contribution in [0.15, 0.2) is 40.7 Å². The quantitative estimate of drug-likeness (QED) is 0.653. The maximum absolute atomic E-state index is 4.63. The highest BCUT2D eigenvalue weighted by atomic mass is 32.1. The zero-order valence-electron chi connectivity index (χ0n) is 13.6. The molecule has 0 radical (unpaired) electrons. The Hall–Kier alpha value is -1.88. The molecule has 5 heteroatoms. The maximum atomic E-state index is 4.63. The summed E-state index contributed by atoms with van der Waals surface area (Å²) >= 11 is 1.72. The second kappa shape index (κ2) is 7.94. The van der Waals surface area contributed by atoms with E-state index < -0.39 is 0 Å². The summed E-state index contributed by atoms with van der Waals surface area (Å²) in [5, 5.41) is 10.0. The summed E-state index contributed by atoms with van der Waals surface area (Å²) < 4.78 is 0. The fourth-order valence-electron chi connectivity index (χ4n) is 2.07. The highest BCUT2D eigenvalue weighted by Gasteiger charge is 2.09. The van der Waals surface area contributed by atoms with Crippen molar-refractivity contribution in [2.24, 2.45) is 4.99 Å². The molecular formula is C17H24N4S. The topological polar surface area (TPSA) is 49.3 Å². The summed E-state index contributed by atoms with van der Waals surface area (Å²) in [4.78, 5) is 8.91. The van der Waals surface area contributed by atoms with Gasteiger partial charge in [0.15, 0.2) is 5.96 Å². The summed E-state index contributed by atoms with van der Waals surface area (Å²) in [5.41, 5.74) is 2.30. The fraction of sp³-hybridized carbons (Fsp3) is 0.412. The minimum absolute atomic E-state index is 0.203. The Labute approximate surface area is 136 Å². The van der Waals surface area contributed by atoms with Gasteiger partial charge in [-0.2, -0.15) is 0 Å². The van der Waals surface area contributed by atoms with Crippen LogP contribution in [0.3, 0.4) is 0 Å². The molecule has 0 aliphatic rings. The Morgan fingerprint density at radius 2 is 1.95 bits per heavy atom. The lowest BCUT2D eigenvalue weighted by Crippen LogP contribution is -2.38. The molecule has 0 saturated carbocycles. The van der Waals surface area contributed by atoms with Crippen LogP contribution < -0.4 is 10.6 Å². The first-order valence-electron chi connectivity index (χ1n) is 7.56. The molecule has 0 aliphatic carbocycles. The van der Waals surface area contributed by atoms with E-state index in [-0.39, 0.29) is 6.04 Å². The van der Waals surface area contributed by atoms with E-state index in [1.54, 1.807) is 18.4 Å². The molecule has 0 fully saturated rings. The average Bonchev–Trinajstić information content (AvgIpc) is 3.01. The fourth-order valence-corrected chi connectivity index (χ4v) is 2.90. The molecular weight excluding hydrogens is 292 g/mol. The van der Waals surface area contributed by atoms with Crippen LogP contribution in [0.5, 0.6) is 0 Å². The van der Waals surface area contributed by atoms with Crippen LogP contribution in [-0.4, -0.2) is 18.0 Å². The second-order valence-corrected chi connectivity index (χ2v) is 6.42. The Morgan fingerprint density at radius 3 is 2.55 bits per heavy atom. The smallest absolute Gasteiger partial charge is 0.191 e. The number of rotatable bonds is 5. The number of guanidine groups is 1. The maximum Gasteiger partial charge on any atom is 0.191 e. The van der Waals surface area contributed by atoms with Gasteiger partial charge < -0.3 is 10.6 Å². The molecule has 0 aliphatic heterocycles. The van der Waals surface area contributed by atoms with Gasteiger partial charge in [-0.05, 0) is 12.5 Å². The molecule has 1 heterocycles. The van der Waals surface area contributed by atoms with E-state index in [4.69, 9.17) is 0 Å². The minimum atomic E-state index is 0.203. The zero-order valence-corrected chi connectivity index (χ0v) is 14.4. The molecule has 118 valence electrons. The van der Waals surface area contributed by atoms with Crippen LogP contribution >= 0.6 is 11.3 Å². The van der Waals surface area contributed by atoms with Gasteiger partial charge in [-0.1, -0.05) is 44.2 Å². The number of hydrogen-bond donors (Lipinski definition) is 2. The molecule has 22 heavy (non-hydrogen) atoms. The van der Waals surface area contributed by atoms with Gasteiger partial charge in [0.05, 0.1) is 23.3 Å². The first-order valence-corrected chi connectivity index (χ1v) is 8.44. The van der Waals surface area contributed by atoms with Crippen LogP contribution in [0.25, 0.3) is 0 Å². The Balaban J connectivity index is 1.89. The summed E-state index contributed by atoms with van der Waals surface area (Å²) in [7, 11) is 1.79. The lowest BCUT2D eigenvalue weighted by molar-refractivity contribution is 0.682. The molecule has 1 atom stereocenters. The normalized spacial score (nSPS) is 13.2. The number of hydrogen-bond acceptors (Lipinski definition) is 3. The van der Waals surface area contributed by atoms with Gasteiger partial charge in [-0.25, -0.2) is 4.98 Å². The number of aromatic nitrogens is 1. The predicted octanol–water partition coefficient (Wildman–Crippen LogP) is 3.69. The van der Waals surface area contributed by atoms with Gasteiger partial charge in [0.25, 0.3) is 0 Å². The molecule has 0 amide bonds. The van der Waals surface area contributed by atoms with Gasteiger partial charge in [-0.3, -0.25) is 4.99 Å². The van der Waals surface area contributed by atoms with Crippen molar-refractivity contribution in [3.8, 4) is 0 Å². The van der Waals surface area contributed by atoms with Crippen molar-refractivity contribution >= 4 is 17.3 Å². The standard InChI is InChI=1S/C17H24N4S/c1-12(2)16-21-15(11-22-16)10-19-17(18-4)20-13(3)14-8-6-5-7-9-14/h5-9,11-13H,10H2,1-4H3,(H2,18,19,20). The van der Waals surface area contributed by atoms with Gasteiger partial charge in [-0.15, -0.1) is 11.3 Å². The number of nitrogens with zero attached hydrogens (tertiary/aromatic N) is 2. The van der Waals surface area contributed by atoms with Gasteiger partial charge >= 0.3 is 0 Å². The highest BCUT2D eigenvalue weighted by Crippen LogP contribution is 2.19. The van der Waals surface area contributed by atoms with Gasteiger partial charge in [0, 0.05) is 18.3 Å². The Bertz CT molecular complexity index is 604. The van der Waals surface area contributed by atoms with Crippen LogP contribution in [0.4, 0.5) is 0 Å².